The average molecular weight is 376 g/mol. The Kier molecular flexibility index (Phi) is 5.63. The van der Waals surface area contributed by atoms with Gasteiger partial charge >= 0.3 is 10.2 Å². The van der Waals surface area contributed by atoms with Gasteiger partial charge in [0.1, 0.15) is 0 Å². The van der Waals surface area contributed by atoms with Gasteiger partial charge in [0.25, 0.3) is 5.91 Å². The lowest BCUT2D eigenvalue weighted by atomic mass is 10.1. The van der Waals surface area contributed by atoms with Crippen molar-refractivity contribution >= 4 is 33.4 Å². The van der Waals surface area contributed by atoms with Crippen LogP contribution in [0.25, 0.3) is 0 Å². The molecule has 0 saturated carbocycles. The van der Waals surface area contributed by atoms with E-state index in [1.54, 1.807) is 24.3 Å². The van der Waals surface area contributed by atoms with Crippen LogP contribution in [-0.4, -0.2) is 45.7 Å². The van der Waals surface area contributed by atoms with Gasteiger partial charge in [0.05, 0.1) is 5.69 Å². The summed E-state index contributed by atoms with van der Waals surface area (Å²) in [7, 11) is 0.724. The predicted octanol–water partition coefficient (Wildman–Crippen LogP) is 1.28. The largest absolute Gasteiger partial charge is 0.366 e. The van der Waals surface area contributed by atoms with Gasteiger partial charge < -0.3 is 11.1 Å². The summed E-state index contributed by atoms with van der Waals surface area (Å²) in [6, 6.07) is 12.3. The average Bonchev–Trinajstić information content (AvgIpc) is 2.61. The summed E-state index contributed by atoms with van der Waals surface area (Å²) >= 11 is 0. The van der Waals surface area contributed by atoms with Crippen LogP contribution in [0.4, 0.5) is 11.4 Å². The van der Waals surface area contributed by atoms with Crippen LogP contribution in [0, 0.1) is 0 Å². The number of amides is 2. The molecule has 2 amide bonds. The number of nitrogens with zero attached hydrogens (tertiary/aromatic N) is 2. The normalized spacial score (nSPS) is 11.2. The first-order valence-corrected chi connectivity index (χ1v) is 9.00. The van der Waals surface area contributed by atoms with Crippen molar-refractivity contribution in [3.8, 4) is 0 Å². The van der Waals surface area contributed by atoms with Crippen molar-refractivity contribution in [2.75, 3.05) is 30.8 Å². The highest BCUT2D eigenvalue weighted by Gasteiger charge is 2.21. The summed E-state index contributed by atoms with van der Waals surface area (Å²) in [6.07, 6.45) is 0. The number of anilines is 2. The number of nitrogens with one attached hydrogen (secondary N) is 1. The maximum atomic E-state index is 12.3. The number of carbonyl (C=O) groups is 2. The van der Waals surface area contributed by atoms with Gasteiger partial charge in [-0.2, -0.15) is 12.7 Å². The van der Waals surface area contributed by atoms with E-state index in [-0.39, 0.29) is 5.91 Å². The Morgan fingerprint density at radius 3 is 1.85 bits per heavy atom. The summed E-state index contributed by atoms with van der Waals surface area (Å²) in [5.74, 6) is -0.906. The molecule has 0 atom stereocenters. The second-order valence-electron chi connectivity index (χ2n) is 5.70. The van der Waals surface area contributed by atoms with Gasteiger partial charge in [-0.25, -0.2) is 0 Å². The van der Waals surface area contributed by atoms with Crippen molar-refractivity contribution in [3.63, 3.8) is 0 Å². The number of nitrogens with two attached hydrogens (primary N) is 1. The van der Waals surface area contributed by atoms with E-state index in [4.69, 9.17) is 5.73 Å². The van der Waals surface area contributed by atoms with E-state index >= 15 is 0 Å². The van der Waals surface area contributed by atoms with Gasteiger partial charge in [-0.15, -0.1) is 0 Å². The highest BCUT2D eigenvalue weighted by molar-refractivity contribution is 7.90. The molecule has 0 heterocycles. The van der Waals surface area contributed by atoms with Crippen LogP contribution in [0.1, 0.15) is 20.7 Å². The lowest BCUT2D eigenvalue weighted by Crippen LogP contribution is -2.37. The molecule has 3 N–H and O–H groups in total. The molecule has 0 bridgehead atoms. The minimum atomic E-state index is -3.59. The van der Waals surface area contributed by atoms with Crippen molar-refractivity contribution in [1.29, 1.82) is 0 Å². The summed E-state index contributed by atoms with van der Waals surface area (Å²) < 4.78 is 26.4. The van der Waals surface area contributed by atoms with Crippen LogP contribution in [0.2, 0.25) is 0 Å². The summed E-state index contributed by atoms with van der Waals surface area (Å²) in [6.45, 7) is 0. The Bertz CT molecular complexity index is 907. The lowest BCUT2D eigenvalue weighted by molar-refractivity contribution is 0.0998. The Balaban J connectivity index is 2.12. The molecular formula is C17H20N4O4S. The fourth-order valence-corrected chi connectivity index (χ4v) is 3.00. The zero-order valence-corrected chi connectivity index (χ0v) is 15.4. The highest BCUT2D eigenvalue weighted by Crippen LogP contribution is 2.19. The van der Waals surface area contributed by atoms with E-state index in [2.05, 4.69) is 5.32 Å². The van der Waals surface area contributed by atoms with Gasteiger partial charge in [-0.1, -0.05) is 0 Å². The van der Waals surface area contributed by atoms with Gasteiger partial charge in [0.15, 0.2) is 0 Å². The van der Waals surface area contributed by atoms with Crippen LogP contribution in [-0.2, 0) is 10.2 Å². The van der Waals surface area contributed by atoms with Crippen molar-refractivity contribution in [3.05, 3.63) is 59.7 Å². The van der Waals surface area contributed by atoms with Gasteiger partial charge in [0, 0.05) is 38.0 Å². The first-order chi connectivity index (χ1) is 12.1. The number of carbonyl (C=O) groups excluding carboxylic acids is 2. The van der Waals surface area contributed by atoms with Gasteiger partial charge in [0.2, 0.25) is 5.91 Å². The lowest BCUT2D eigenvalue weighted by Gasteiger charge is -2.23. The highest BCUT2D eigenvalue weighted by atomic mass is 32.2. The standard InChI is InChI=1S/C17H20N4O4S/c1-20(2)26(24,25)21(3)15-10-6-13(7-11-15)17(23)19-14-8-4-12(5-9-14)16(18)22/h4-11H,1-3H3,(H2,18,22)(H,19,23). The number of hydrogen-bond acceptors (Lipinski definition) is 4. The second-order valence-corrected chi connectivity index (χ2v) is 7.87. The molecule has 0 fully saturated rings. The molecule has 0 spiro atoms. The Morgan fingerprint density at radius 2 is 1.38 bits per heavy atom. The third-order valence-electron chi connectivity index (χ3n) is 3.73. The zero-order chi connectivity index (χ0) is 19.5. The Hall–Kier alpha value is -2.91. The minimum absolute atomic E-state index is 0.345. The molecule has 138 valence electrons. The first-order valence-electron chi connectivity index (χ1n) is 7.60. The fourth-order valence-electron chi connectivity index (χ4n) is 2.12. The molecular weight excluding hydrogens is 356 g/mol. The maximum Gasteiger partial charge on any atom is 0.303 e. The minimum Gasteiger partial charge on any atom is -0.366 e. The van der Waals surface area contributed by atoms with Crippen LogP contribution in [0.15, 0.2) is 48.5 Å². The molecule has 9 heteroatoms. The van der Waals surface area contributed by atoms with E-state index in [0.29, 0.717) is 22.5 Å². The van der Waals surface area contributed by atoms with Crippen LogP contribution in [0.5, 0.6) is 0 Å². The number of primary amides is 1. The van der Waals surface area contributed by atoms with Crippen molar-refractivity contribution in [2.24, 2.45) is 5.73 Å². The van der Waals surface area contributed by atoms with E-state index in [0.717, 1.165) is 8.61 Å². The summed E-state index contributed by atoms with van der Waals surface area (Å²) in [4.78, 5) is 23.3. The molecule has 0 aliphatic rings. The Morgan fingerprint density at radius 1 is 0.885 bits per heavy atom. The quantitative estimate of drug-likeness (QED) is 0.791. The fraction of sp³-hybridized carbons (Fsp3) is 0.176. The van der Waals surface area contributed by atoms with Crippen molar-refractivity contribution in [2.45, 2.75) is 0 Å². The topological polar surface area (TPSA) is 113 Å². The molecule has 0 radical (unpaired) electrons. The number of benzene rings is 2. The molecule has 2 rings (SSSR count). The van der Waals surface area contributed by atoms with Crippen LogP contribution in [0.3, 0.4) is 0 Å². The molecule has 0 aliphatic heterocycles. The maximum absolute atomic E-state index is 12.3. The van der Waals surface area contributed by atoms with E-state index in [9.17, 15) is 18.0 Å². The number of hydrogen-bond donors (Lipinski definition) is 2. The molecule has 0 unspecified atom stereocenters. The van der Waals surface area contributed by atoms with Crippen molar-refractivity contribution < 1.29 is 18.0 Å². The third kappa shape index (κ3) is 4.19. The SMILES string of the molecule is CN(C)S(=O)(=O)N(C)c1ccc(C(=O)Nc2ccc(C(N)=O)cc2)cc1. The number of rotatable bonds is 6. The predicted molar refractivity (Wildman–Crippen MR) is 100 cm³/mol. The molecule has 26 heavy (non-hydrogen) atoms. The van der Waals surface area contributed by atoms with Crippen LogP contribution >= 0.6 is 0 Å². The first kappa shape index (κ1) is 19.4. The summed E-state index contributed by atoms with van der Waals surface area (Å²) in [5.41, 5.74) is 6.82. The van der Waals surface area contributed by atoms with Crippen molar-refractivity contribution in [1.82, 2.24) is 4.31 Å². The molecule has 0 aromatic heterocycles. The molecule has 0 saturated heterocycles. The third-order valence-corrected chi connectivity index (χ3v) is 5.55. The van der Waals surface area contributed by atoms with E-state index in [1.807, 2.05) is 0 Å². The van der Waals surface area contributed by atoms with Gasteiger partial charge in [-0.3, -0.25) is 13.9 Å². The van der Waals surface area contributed by atoms with E-state index in [1.165, 1.54) is 45.4 Å². The second kappa shape index (κ2) is 7.54. The summed E-state index contributed by atoms with van der Waals surface area (Å²) in [5, 5.41) is 2.69. The van der Waals surface area contributed by atoms with E-state index < -0.39 is 16.1 Å². The smallest absolute Gasteiger partial charge is 0.303 e. The monoisotopic (exact) mass is 376 g/mol. The Labute approximate surface area is 152 Å². The zero-order valence-electron chi connectivity index (χ0n) is 14.6. The molecule has 8 nitrogen and oxygen atoms in total. The molecule has 0 aliphatic carbocycles. The van der Waals surface area contributed by atoms with Gasteiger partial charge in [-0.05, 0) is 48.5 Å². The van der Waals surface area contributed by atoms with Crippen LogP contribution < -0.4 is 15.4 Å². The molecule has 2 aromatic rings. The molecule has 2 aromatic carbocycles.